The molecule has 0 bridgehead atoms. The summed E-state index contributed by atoms with van der Waals surface area (Å²) >= 11 is 0. The summed E-state index contributed by atoms with van der Waals surface area (Å²) in [6.07, 6.45) is 0.473. The highest BCUT2D eigenvalue weighted by molar-refractivity contribution is 5.72. The fourth-order valence-electron chi connectivity index (χ4n) is 1.51. The zero-order valence-electron chi connectivity index (χ0n) is 9.12. The number of hydrogen-bond donors (Lipinski definition) is 1. The van der Waals surface area contributed by atoms with Crippen LogP contribution in [0.5, 0.6) is 0 Å². The van der Waals surface area contributed by atoms with E-state index in [2.05, 4.69) is 0 Å². The Morgan fingerprint density at radius 3 is 2.64 bits per heavy atom. The molecule has 0 saturated carbocycles. The molecule has 4 nitrogen and oxygen atoms in total. The van der Waals surface area contributed by atoms with E-state index in [1.54, 1.807) is 0 Å². The fourth-order valence-corrected chi connectivity index (χ4v) is 1.51. The summed E-state index contributed by atoms with van der Waals surface area (Å²) in [7, 11) is 0. The van der Waals surface area contributed by atoms with Crippen LogP contribution in [-0.4, -0.2) is 47.3 Å². The van der Waals surface area contributed by atoms with Crippen LogP contribution in [0.25, 0.3) is 0 Å². The third kappa shape index (κ3) is 4.07. The van der Waals surface area contributed by atoms with Gasteiger partial charge in [0.05, 0.1) is 12.6 Å². The maximum absolute atomic E-state index is 11.4. The van der Waals surface area contributed by atoms with Crippen LogP contribution in [0.2, 0.25) is 0 Å². The zero-order valence-corrected chi connectivity index (χ0v) is 9.12. The number of nitrogens with zero attached hydrogens (tertiary/aromatic N) is 1. The smallest absolute Gasteiger partial charge is 0.320 e. The van der Waals surface area contributed by atoms with Crippen molar-refractivity contribution in [1.29, 1.82) is 0 Å². The predicted molar refractivity (Wildman–Crippen MR) is 52.9 cm³/mol. The van der Waals surface area contributed by atoms with Crippen LogP contribution in [-0.2, 0) is 9.53 Å². The summed E-state index contributed by atoms with van der Waals surface area (Å²) in [5, 5.41) is 9.25. The van der Waals surface area contributed by atoms with Gasteiger partial charge in [-0.25, -0.2) is 0 Å². The Morgan fingerprint density at radius 1 is 1.57 bits per heavy atom. The van der Waals surface area contributed by atoms with Crippen LogP contribution in [0, 0.1) is 0 Å². The van der Waals surface area contributed by atoms with Crippen molar-refractivity contribution in [2.45, 2.75) is 38.9 Å². The van der Waals surface area contributed by atoms with Crippen molar-refractivity contribution in [3.05, 3.63) is 0 Å². The van der Waals surface area contributed by atoms with Gasteiger partial charge in [0.2, 0.25) is 0 Å². The summed E-state index contributed by atoms with van der Waals surface area (Å²) in [5.41, 5.74) is -0.421. The third-order valence-corrected chi connectivity index (χ3v) is 2.02. The molecule has 0 aliphatic carbocycles. The van der Waals surface area contributed by atoms with Gasteiger partial charge in [0.15, 0.2) is 0 Å². The molecule has 1 rings (SSSR count). The number of β-amino-alcohol motifs (C(OH)–C–C–N with tert-alkyl or cyclic N) is 1. The lowest BCUT2D eigenvalue weighted by atomic mass is 10.2. The van der Waals surface area contributed by atoms with E-state index in [0.717, 1.165) is 13.0 Å². The molecule has 1 atom stereocenters. The Kier molecular flexibility index (Phi) is 3.50. The molecule has 0 unspecified atom stereocenters. The third-order valence-electron chi connectivity index (χ3n) is 2.02. The standard InChI is InChI=1S/C10H19NO3/c1-10(2,3)14-9(13)7-11-5-4-8(12)6-11/h8,12H,4-7H2,1-3H3/t8-/m0/s1. The lowest BCUT2D eigenvalue weighted by Crippen LogP contribution is -2.34. The monoisotopic (exact) mass is 201 g/mol. The van der Waals surface area contributed by atoms with Gasteiger partial charge in [0, 0.05) is 13.1 Å². The molecule has 0 aromatic heterocycles. The lowest BCUT2D eigenvalue weighted by Gasteiger charge is -2.21. The molecule has 0 amide bonds. The van der Waals surface area contributed by atoms with E-state index in [0.29, 0.717) is 6.54 Å². The molecular formula is C10H19NO3. The molecular weight excluding hydrogens is 182 g/mol. The molecule has 1 saturated heterocycles. The number of hydrogen-bond acceptors (Lipinski definition) is 4. The van der Waals surface area contributed by atoms with E-state index >= 15 is 0 Å². The molecule has 0 aromatic rings. The van der Waals surface area contributed by atoms with Crippen LogP contribution >= 0.6 is 0 Å². The fraction of sp³-hybridized carbons (Fsp3) is 0.900. The summed E-state index contributed by atoms with van der Waals surface area (Å²) in [5.74, 6) is -0.216. The molecule has 14 heavy (non-hydrogen) atoms. The Balaban J connectivity index is 2.27. The second-order valence-electron chi connectivity index (χ2n) is 4.76. The van der Waals surface area contributed by atoms with E-state index in [4.69, 9.17) is 4.74 Å². The summed E-state index contributed by atoms with van der Waals surface area (Å²) < 4.78 is 5.17. The van der Waals surface area contributed by atoms with E-state index in [1.807, 2.05) is 25.7 Å². The van der Waals surface area contributed by atoms with Gasteiger partial charge in [-0.3, -0.25) is 9.69 Å². The highest BCUT2D eigenvalue weighted by atomic mass is 16.6. The molecule has 1 fully saturated rings. The normalized spacial score (nSPS) is 23.9. The molecule has 1 aliphatic heterocycles. The van der Waals surface area contributed by atoms with Crippen LogP contribution in [0.3, 0.4) is 0 Å². The first-order valence-corrected chi connectivity index (χ1v) is 4.99. The minimum absolute atomic E-state index is 0.216. The van der Waals surface area contributed by atoms with Gasteiger partial charge in [-0.1, -0.05) is 0 Å². The molecule has 1 heterocycles. The average Bonchev–Trinajstić information content (AvgIpc) is 2.30. The quantitative estimate of drug-likeness (QED) is 0.657. The summed E-state index contributed by atoms with van der Waals surface area (Å²) in [4.78, 5) is 13.3. The minimum Gasteiger partial charge on any atom is -0.459 e. The van der Waals surface area contributed by atoms with Crippen LogP contribution in [0.4, 0.5) is 0 Å². The number of esters is 1. The Bertz CT molecular complexity index is 210. The second-order valence-corrected chi connectivity index (χ2v) is 4.76. The first-order valence-electron chi connectivity index (χ1n) is 4.99. The van der Waals surface area contributed by atoms with Gasteiger partial charge < -0.3 is 9.84 Å². The second kappa shape index (κ2) is 4.28. The molecule has 1 aliphatic rings. The van der Waals surface area contributed by atoms with Gasteiger partial charge in [-0.05, 0) is 27.2 Å². The van der Waals surface area contributed by atoms with Crippen molar-refractivity contribution in [3.8, 4) is 0 Å². The minimum atomic E-state index is -0.421. The number of carbonyl (C=O) groups is 1. The largest absolute Gasteiger partial charge is 0.459 e. The lowest BCUT2D eigenvalue weighted by molar-refractivity contribution is -0.155. The highest BCUT2D eigenvalue weighted by Crippen LogP contribution is 2.11. The number of rotatable bonds is 2. The number of aliphatic hydroxyl groups is 1. The number of aliphatic hydroxyl groups excluding tert-OH is 1. The SMILES string of the molecule is CC(C)(C)OC(=O)CN1CC[C@H](O)C1. The van der Waals surface area contributed by atoms with Gasteiger partial charge in [-0.15, -0.1) is 0 Å². The molecule has 4 heteroatoms. The molecule has 0 aromatic carbocycles. The molecule has 1 N–H and O–H groups in total. The van der Waals surface area contributed by atoms with Crippen molar-refractivity contribution in [2.75, 3.05) is 19.6 Å². The van der Waals surface area contributed by atoms with Gasteiger partial charge >= 0.3 is 5.97 Å². The maximum Gasteiger partial charge on any atom is 0.320 e. The van der Waals surface area contributed by atoms with Crippen molar-refractivity contribution < 1.29 is 14.6 Å². The van der Waals surface area contributed by atoms with E-state index in [-0.39, 0.29) is 18.6 Å². The molecule has 82 valence electrons. The number of likely N-dealkylation sites (tertiary alicyclic amines) is 1. The van der Waals surface area contributed by atoms with E-state index in [9.17, 15) is 9.90 Å². The topological polar surface area (TPSA) is 49.8 Å². The number of ether oxygens (including phenoxy) is 1. The van der Waals surface area contributed by atoms with Crippen molar-refractivity contribution in [2.24, 2.45) is 0 Å². The maximum atomic E-state index is 11.4. The van der Waals surface area contributed by atoms with Crippen molar-refractivity contribution in [3.63, 3.8) is 0 Å². The number of carbonyl (C=O) groups excluding carboxylic acids is 1. The van der Waals surface area contributed by atoms with Crippen LogP contribution in [0.1, 0.15) is 27.2 Å². The van der Waals surface area contributed by atoms with E-state index in [1.165, 1.54) is 0 Å². The summed E-state index contributed by atoms with van der Waals surface area (Å²) in [6, 6.07) is 0. The predicted octanol–water partition coefficient (Wildman–Crippen LogP) is 0.395. The highest BCUT2D eigenvalue weighted by Gasteiger charge is 2.24. The first-order chi connectivity index (χ1) is 6.37. The van der Waals surface area contributed by atoms with Crippen molar-refractivity contribution in [1.82, 2.24) is 4.90 Å². The van der Waals surface area contributed by atoms with Gasteiger partial charge in [-0.2, -0.15) is 0 Å². The Hall–Kier alpha value is -0.610. The van der Waals surface area contributed by atoms with E-state index < -0.39 is 5.60 Å². The average molecular weight is 201 g/mol. The van der Waals surface area contributed by atoms with Crippen molar-refractivity contribution >= 4 is 5.97 Å². The van der Waals surface area contributed by atoms with Crippen LogP contribution < -0.4 is 0 Å². The molecule has 0 radical (unpaired) electrons. The van der Waals surface area contributed by atoms with Gasteiger partial charge in [0.25, 0.3) is 0 Å². The van der Waals surface area contributed by atoms with Crippen LogP contribution in [0.15, 0.2) is 0 Å². The summed E-state index contributed by atoms with van der Waals surface area (Å²) in [6.45, 7) is 7.20. The Morgan fingerprint density at radius 2 is 2.21 bits per heavy atom. The zero-order chi connectivity index (χ0) is 10.8. The molecule has 0 spiro atoms. The van der Waals surface area contributed by atoms with Gasteiger partial charge in [0.1, 0.15) is 5.60 Å². The first kappa shape index (κ1) is 11.5. The Labute approximate surface area is 84.8 Å².